The van der Waals surface area contributed by atoms with Crippen LogP contribution < -0.4 is 5.32 Å². The lowest BCUT2D eigenvalue weighted by Gasteiger charge is -2.40. The van der Waals surface area contributed by atoms with Crippen LogP contribution in [-0.4, -0.2) is 32.7 Å². The van der Waals surface area contributed by atoms with Crippen molar-refractivity contribution in [2.75, 3.05) is 12.4 Å². The molecule has 0 aliphatic rings. The van der Waals surface area contributed by atoms with E-state index in [9.17, 15) is 24.2 Å². The molecule has 1 atom stereocenters. The standard InChI is InChI=1S/C18H20F5N5O2S/c1-18(2,3)13-9-14(28-17(26-13)24-10-25-28)27-15(16(29)30-4)11-5-7-12(8-6-11)31(19,20,21,22)23/h5-10,15,27H,1-4H3. The zero-order valence-corrected chi connectivity index (χ0v) is 17.8. The number of hydrogen-bond acceptors (Lipinski definition) is 6. The van der Waals surface area contributed by atoms with E-state index in [0.29, 0.717) is 5.69 Å². The Morgan fingerprint density at radius 2 is 1.74 bits per heavy atom. The minimum absolute atomic E-state index is 0.0140. The van der Waals surface area contributed by atoms with E-state index in [1.165, 1.54) is 10.8 Å². The SMILES string of the molecule is COC(=O)C(Nc1cc(C(C)(C)C)nc2ncnn12)c1ccc(S(F)(F)(F)(F)F)cc1. The van der Waals surface area contributed by atoms with Crippen LogP contribution in [0.15, 0.2) is 41.6 Å². The van der Waals surface area contributed by atoms with Crippen LogP contribution in [0.1, 0.15) is 38.1 Å². The average molecular weight is 465 g/mol. The van der Waals surface area contributed by atoms with Gasteiger partial charge in [-0.25, -0.2) is 9.78 Å². The highest BCUT2D eigenvalue weighted by atomic mass is 32.5. The van der Waals surface area contributed by atoms with Crippen LogP contribution >= 0.6 is 10.2 Å². The third-order valence-electron chi connectivity index (χ3n) is 4.41. The lowest BCUT2D eigenvalue weighted by molar-refractivity contribution is -0.141. The fourth-order valence-corrected chi connectivity index (χ4v) is 3.41. The molecule has 0 spiro atoms. The zero-order valence-electron chi connectivity index (χ0n) is 16.9. The summed E-state index contributed by atoms with van der Waals surface area (Å²) in [7, 11) is -8.74. The van der Waals surface area contributed by atoms with Crippen molar-refractivity contribution in [2.45, 2.75) is 37.1 Å². The number of aromatic nitrogens is 4. The normalized spacial score (nSPS) is 15.8. The zero-order chi connectivity index (χ0) is 23.3. The number of benzene rings is 1. The monoisotopic (exact) mass is 465 g/mol. The summed E-state index contributed by atoms with van der Waals surface area (Å²) in [6.07, 6.45) is 1.25. The molecule has 1 aromatic carbocycles. The summed E-state index contributed by atoms with van der Waals surface area (Å²) in [5.74, 6) is -0.350. The number of methoxy groups -OCH3 is 1. The molecule has 1 N–H and O–H groups in total. The van der Waals surface area contributed by atoms with Gasteiger partial charge in [-0.1, -0.05) is 52.3 Å². The predicted molar refractivity (Wildman–Crippen MR) is 106 cm³/mol. The molecule has 1 unspecified atom stereocenters. The van der Waals surface area contributed by atoms with E-state index in [1.54, 1.807) is 6.07 Å². The molecule has 7 nitrogen and oxygen atoms in total. The molecular formula is C18H20F5N5O2S. The number of anilines is 1. The van der Waals surface area contributed by atoms with Gasteiger partial charge in [0.15, 0.2) is 6.04 Å². The summed E-state index contributed by atoms with van der Waals surface area (Å²) in [6, 6.07) is 2.39. The molecular weight excluding hydrogens is 445 g/mol. The summed E-state index contributed by atoms with van der Waals surface area (Å²) in [6.45, 7) is 5.72. The van der Waals surface area contributed by atoms with Crippen molar-refractivity contribution < 1.29 is 29.0 Å². The van der Waals surface area contributed by atoms with Crippen LogP contribution in [0, 0.1) is 0 Å². The number of nitrogens with one attached hydrogen (secondary N) is 1. The quantitative estimate of drug-likeness (QED) is 0.401. The molecule has 2 aromatic heterocycles. The highest BCUT2D eigenvalue weighted by molar-refractivity contribution is 8.45. The van der Waals surface area contributed by atoms with Crippen molar-refractivity contribution in [2.24, 2.45) is 0 Å². The van der Waals surface area contributed by atoms with Gasteiger partial charge in [0.2, 0.25) is 0 Å². The summed E-state index contributed by atoms with van der Waals surface area (Å²) >= 11 is 0. The second kappa shape index (κ2) is 6.52. The highest BCUT2D eigenvalue weighted by Crippen LogP contribution is 3.02. The third kappa shape index (κ3) is 4.86. The Balaban J connectivity index is 2.07. The van der Waals surface area contributed by atoms with Gasteiger partial charge in [-0.15, -0.1) is 0 Å². The number of carbonyl (C=O) groups excluding carboxylic acids is 1. The predicted octanol–water partition coefficient (Wildman–Crippen LogP) is 5.41. The van der Waals surface area contributed by atoms with Crippen LogP contribution in [0.25, 0.3) is 5.78 Å². The number of rotatable bonds is 5. The minimum Gasteiger partial charge on any atom is -0.467 e. The van der Waals surface area contributed by atoms with Gasteiger partial charge in [-0.05, 0) is 17.7 Å². The van der Waals surface area contributed by atoms with Gasteiger partial charge in [0.1, 0.15) is 17.0 Å². The van der Waals surface area contributed by atoms with Crippen LogP contribution in [0.5, 0.6) is 0 Å². The maximum atomic E-state index is 13.0. The molecule has 0 aliphatic carbocycles. The number of esters is 1. The maximum Gasteiger partial charge on any atom is 0.333 e. The molecule has 3 rings (SSSR count). The molecule has 0 aliphatic heterocycles. The molecule has 0 radical (unpaired) electrons. The lowest BCUT2D eigenvalue weighted by atomic mass is 9.92. The Morgan fingerprint density at radius 1 is 1.13 bits per heavy atom. The van der Waals surface area contributed by atoms with Crippen LogP contribution in [0.3, 0.4) is 0 Å². The van der Waals surface area contributed by atoms with Crippen LogP contribution in [0.4, 0.5) is 25.2 Å². The smallest absolute Gasteiger partial charge is 0.333 e. The topological polar surface area (TPSA) is 81.4 Å². The van der Waals surface area contributed by atoms with E-state index in [-0.39, 0.29) is 29.3 Å². The lowest BCUT2D eigenvalue weighted by Crippen LogP contribution is -2.25. The fraction of sp³-hybridized carbons (Fsp3) is 0.333. The van der Waals surface area contributed by atoms with E-state index in [2.05, 4.69) is 20.4 Å². The molecule has 0 saturated heterocycles. The average Bonchev–Trinajstić information content (AvgIpc) is 3.12. The number of halogens is 5. The first-order chi connectivity index (χ1) is 14.0. The Morgan fingerprint density at radius 3 is 2.26 bits per heavy atom. The maximum absolute atomic E-state index is 13.0. The van der Waals surface area contributed by atoms with Crippen molar-refractivity contribution in [3.63, 3.8) is 0 Å². The molecule has 31 heavy (non-hydrogen) atoms. The largest absolute Gasteiger partial charge is 0.467 e. The van der Waals surface area contributed by atoms with Gasteiger partial charge < -0.3 is 10.1 Å². The Labute approximate surface area is 174 Å². The second-order valence-corrected chi connectivity index (χ2v) is 10.3. The van der Waals surface area contributed by atoms with Crippen molar-refractivity contribution in [1.82, 2.24) is 19.6 Å². The molecule has 0 amide bonds. The number of fused-ring (bicyclic) bond motifs is 1. The Kier molecular flexibility index (Phi) is 4.78. The van der Waals surface area contributed by atoms with Crippen LogP contribution in [0.2, 0.25) is 0 Å². The van der Waals surface area contributed by atoms with E-state index >= 15 is 0 Å². The van der Waals surface area contributed by atoms with Crippen molar-refractivity contribution >= 4 is 27.8 Å². The minimum atomic E-state index is -9.84. The molecule has 13 heteroatoms. The van der Waals surface area contributed by atoms with E-state index < -0.39 is 32.5 Å². The second-order valence-electron chi connectivity index (χ2n) is 7.89. The van der Waals surface area contributed by atoms with Gasteiger partial charge in [0.25, 0.3) is 5.78 Å². The first kappa shape index (κ1) is 22.7. The van der Waals surface area contributed by atoms with Gasteiger partial charge in [-0.2, -0.15) is 14.6 Å². The highest BCUT2D eigenvalue weighted by Gasteiger charge is 2.65. The first-order valence-corrected chi connectivity index (χ1v) is 10.8. The molecule has 0 saturated carbocycles. The van der Waals surface area contributed by atoms with E-state index in [4.69, 9.17) is 4.74 Å². The number of hydrogen-bond donors (Lipinski definition) is 1. The summed E-state index contributed by atoms with van der Waals surface area (Å²) < 4.78 is 71.1. The van der Waals surface area contributed by atoms with Crippen molar-refractivity contribution in [3.8, 4) is 0 Å². The summed E-state index contributed by atoms with van der Waals surface area (Å²) in [5.41, 5.74) is 0.198. The van der Waals surface area contributed by atoms with Gasteiger partial charge >= 0.3 is 16.2 Å². The first-order valence-electron chi connectivity index (χ1n) is 8.89. The number of ether oxygens (including phenoxy) is 1. The molecule has 3 aromatic rings. The fourth-order valence-electron chi connectivity index (χ4n) is 2.76. The van der Waals surface area contributed by atoms with Crippen molar-refractivity contribution in [3.05, 3.63) is 47.9 Å². The van der Waals surface area contributed by atoms with E-state index in [1.807, 2.05) is 20.8 Å². The Bertz CT molecular complexity index is 1140. The summed E-state index contributed by atoms with van der Waals surface area (Å²) in [4.78, 5) is 18.7. The third-order valence-corrected chi connectivity index (χ3v) is 5.57. The molecule has 0 fully saturated rings. The Hall–Kier alpha value is -2.96. The van der Waals surface area contributed by atoms with Gasteiger partial charge in [0.05, 0.1) is 12.8 Å². The van der Waals surface area contributed by atoms with Gasteiger partial charge in [-0.3, -0.25) is 0 Å². The van der Waals surface area contributed by atoms with Gasteiger partial charge in [0, 0.05) is 11.5 Å². The summed E-state index contributed by atoms with van der Waals surface area (Å²) in [5, 5.41) is 6.88. The molecule has 2 heterocycles. The van der Waals surface area contributed by atoms with Crippen LogP contribution in [-0.2, 0) is 14.9 Å². The number of nitrogens with zero attached hydrogens (tertiary/aromatic N) is 4. The molecule has 0 bridgehead atoms. The molecule has 170 valence electrons. The van der Waals surface area contributed by atoms with Crippen molar-refractivity contribution in [1.29, 1.82) is 0 Å². The van der Waals surface area contributed by atoms with E-state index in [0.717, 1.165) is 19.2 Å². The number of carbonyl (C=O) groups is 1.